The van der Waals surface area contributed by atoms with E-state index in [0.29, 0.717) is 56.8 Å². The molecule has 3 saturated heterocycles. The summed E-state index contributed by atoms with van der Waals surface area (Å²) in [6.45, 7) is 19.2. The summed E-state index contributed by atoms with van der Waals surface area (Å²) in [5.41, 5.74) is -1.38. The Hall–Kier alpha value is -3.17. The molecule has 7 atom stereocenters. The fourth-order valence-corrected chi connectivity index (χ4v) is 7.96. The topological polar surface area (TPSA) is 99.6 Å². The first-order chi connectivity index (χ1) is 21.6. The Labute approximate surface area is 269 Å². The standard InChI is InChI=1S/C36H53N3O6/c1-8-14-23-37(21-9-2)34(43)31-36-20-19-35(12-5,45-36)29(30(36)33(42)39(31)28(24-40)25(7)11-4)32(41)38(22-10-3)26-15-17-27(18-16-26)44-13-6/h9-10,15-18,25,28-31,40H,2-3,8,11-14,19-24H2,1,4-7H3/t25-,28-,29+,30-,31?,35-,36?/m0/s1. The van der Waals surface area contributed by atoms with E-state index in [2.05, 4.69) is 20.1 Å². The predicted molar refractivity (Wildman–Crippen MR) is 176 cm³/mol. The number of ether oxygens (including phenoxy) is 2. The van der Waals surface area contributed by atoms with Crippen molar-refractivity contribution >= 4 is 23.4 Å². The van der Waals surface area contributed by atoms with Crippen molar-refractivity contribution in [2.75, 3.05) is 37.7 Å². The summed E-state index contributed by atoms with van der Waals surface area (Å²) in [5, 5.41) is 10.7. The highest BCUT2D eigenvalue weighted by Crippen LogP contribution is 2.65. The number of aliphatic hydroxyl groups is 1. The summed E-state index contributed by atoms with van der Waals surface area (Å²) in [6.07, 6.45) is 7.41. The van der Waals surface area contributed by atoms with Gasteiger partial charge in [-0.15, -0.1) is 13.2 Å². The molecule has 0 aliphatic carbocycles. The van der Waals surface area contributed by atoms with Crippen molar-refractivity contribution in [1.82, 2.24) is 9.80 Å². The number of likely N-dealkylation sites (tertiary alicyclic amines) is 1. The van der Waals surface area contributed by atoms with Crippen molar-refractivity contribution in [3.05, 3.63) is 49.6 Å². The lowest BCUT2D eigenvalue weighted by atomic mass is 9.64. The highest BCUT2D eigenvalue weighted by atomic mass is 16.5. The van der Waals surface area contributed by atoms with Gasteiger partial charge >= 0.3 is 0 Å². The number of rotatable bonds is 17. The van der Waals surface area contributed by atoms with Crippen molar-refractivity contribution in [2.24, 2.45) is 17.8 Å². The van der Waals surface area contributed by atoms with Gasteiger partial charge in [-0.3, -0.25) is 14.4 Å². The van der Waals surface area contributed by atoms with Gasteiger partial charge in [0.15, 0.2) is 0 Å². The zero-order valence-electron chi connectivity index (χ0n) is 27.9. The van der Waals surface area contributed by atoms with E-state index >= 15 is 0 Å². The summed E-state index contributed by atoms with van der Waals surface area (Å²) >= 11 is 0. The molecule has 9 heteroatoms. The van der Waals surface area contributed by atoms with Crippen LogP contribution in [0.25, 0.3) is 0 Å². The highest BCUT2D eigenvalue weighted by Gasteiger charge is 2.79. The van der Waals surface area contributed by atoms with Gasteiger partial charge in [-0.2, -0.15) is 0 Å². The molecule has 3 aliphatic rings. The van der Waals surface area contributed by atoms with Gasteiger partial charge in [-0.05, 0) is 62.8 Å². The Kier molecular flexibility index (Phi) is 11.2. The van der Waals surface area contributed by atoms with Gasteiger partial charge in [-0.1, -0.05) is 52.7 Å². The molecule has 0 radical (unpaired) electrons. The van der Waals surface area contributed by atoms with Crippen LogP contribution in [0.1, 0.15) is 73.1 Å². The number of amides is 3. The Morgan fingerprint density at radius 3 is 2.36 bits per heavy atom. The van der Waals surface area contributed by atoms with Crippen molar-refractivity contribution in [3.63, 3.8) is 0 Å². The molecule has 2 unspecified atom stereocenters. The van der Waals surface area contributed by atoms with Gasteiger partial charge in [0.05, 0.1) is 36.7 Å². The Balaban J connectivity index is 1.84. The number of hydrogen-bond donors (Lipinski definition) is 1. The van der Waals surface area contributed by atoms with Crippen LogP contribution in [0.3, 0.4) is 0 Å². The highest BCUT2D eigenvalue weighted by molar-refractivity contribution is 6.03. The maximum Gasteiger partial charge on any atom is 0.248 e. The molecular weight excluding hydrogens is 570 g/mol. The van der Waals surface area contributed by atoms with Gasteiger partial charge in [0, 0.05) is 25.3 Å². The van der Waals surface area contributed by atoms with Crippen LogP contribution in [0.2, 0.25) is 0 Å². The maximum atomic E-state index is 14.8. The van der Waals surface area contributed by atoms with E-state index in [4.69, 9.17) is 9.47 Å². The van der Waals surface area contributed by atoms with Crippen molar-refractivity contribution in [1.29, 1.82) is 0 Å². The number of benzene rings is 1. The lowest BCUT2D eigenvalue weighted by molar-refractivity contribution is -0.157. The second kappa shape index (κ2) is 14.5. The number of hydrogen-bond acceptors (Lipinski definition) is 6. The number of anilines is 1. The van der Waals surface area contributed by atoms with Crippen LogP contribution < -0.4 is 9.64 Å². The number of carbonyl (C=O) groups excluding carboxylic acids is 3. The molecule has 3 aliphatic heterocycles. The smallest absolute Gasteiger partial charge is 0.248 e. The second-order valence-electron chi connectivity index (χ2n) is 12.8. The molecule has 0 aromatic heterocycles. The maximum absolute atomic E-state index is 14.8. The summed E-state index contributed by atoms with van der Waals surface area (Å²) < 4.78 is 12.7. The van der Waals surface area contributed by atoms with E-state index < -0.39 is 35.1 Å². The quantitative estimate of drug-likeness (QED) is 0.246. The normalized spacial score (nSPS) is 28.0. The van der Waals surface area contributed by atoms with Crippen LogP contribution in [0.15, 0.2) is 49.6 Å². The van der Waals surface area contributed by atoms with Gasteiger partial charge in [0.25, 0.3) is 0 Å². The molecule has 1 spiro atoms. The summed E-state index contributed by atoms with van der Waals surface area (Å²) in [7, 11) is 0. The van der Waals surface area contributed by atoms with Crippen LogP contribution in [0.4, 0.5) is 5.69 Å². The van der Waals surface area contributed by atoms with Gasteiger partial charge < -0.3 is 29.3 Å². The Morgan fingerprint density at radius 2 is 1.80 bits per heavy atom. The average molecular weight is 624 g/mol. The molecule has 1 N–H and O–H groups in total. The molecule has 4 rings (SSSR count). The Morgan fingerprint density at radius 1 is 1.11 bits per heavy atom. The molecule has 248 valence electrons. The summed E-state index contributed by atoms with van der Waals surface area (Å²) in [6, 6.07) is 5.82. The molecule has 3 heterocycles. The summed E-state index contributed by atoms with van der Waals surface area (Å²) in [5.74, 6) is -1.70. The van der Waals surface area contributed by atoms with Crippen LogP contribution in [0.5, 0.6) is 5.75 Å². The number of unbranched alkanes of at least 4 members (excludes halogenated alkanes) is 1. The van der Waals surface area contributed by atoms with Crippen LogP contribution >= 0.6 is 0 Å². The monoisotopic (exact) mass is 623 g/mol. The first-order valence-electron chi connectivity index (χ1n) is 16.8. The minimum absolute atomic E-state index is 0.0689. The van der Waals surface area contributed by atoms with E-state index in [1.54, 1.807) is 26.9 Å². The number of fused-ring (bicyclic) bond motifs is 1. The zero-order valence-corrected chi connectivity index (χ0v) is 27.9. The number of nitrogens with zero attached hydrogens (tertiary/aromatic N) is 3. The Bertz CT molecular complexity index is 1240. The fraction of sp³-hybridized carbons (Fsp3) is 0.639. The molecule has 0 saturated carbocycles. The fourth-order valence-electron chi connectivity index (χ4n) is 7.96. The van der Waals surface area contributed by atoms with Crippen molar-refractivity contribution in [2.45, 2.75) is 96.4 Å². The third-order valence-electron chi connectivity index (χ3n) is 10.4. The summed E-state index contributed by atoms with van der Waals surface area (Å²) in [4.78, 5) is 49.4. The van der Waals surface area contributed by atoms with Gasteiger partial charge in [-0.25, -0.2) is 0 Å². The van der Waals surface area contributed by atoms with Gasteiger partial charge in [0.2, 0.25) is 17.7 Å². The van der Waals surface area contributed by atoms with E-state index in [9.17, 15) is 19.5 Å². The van der Waals surface area contributed by atoms with E-state index in [0.717, 1.165) is 12.8 Å². The lowest BCUT2D eigenvalue weighted by Gasteiger charge is -2.41. The van der Waals surface area contributed by atoms with E-state index in [1.807, 2.05) is 52.0 Å². The first-order valence-corrected chi connectivity index (χ1v) is 16.8. The van der Waals surface area contributed by atoms with Crippen LogP contribution in [-0.2, 0) is 19.1 Å². The minimum atomic E-state index is -1.17. The number of carbonyl (C=O) groups is 3. The minimum Gasteiger partial charge on any atom is -0.494 e. The van der Waals surface area contributed by atoms with E-state index in [-0.39, 0.29) is 36.8 Å². The number of aliphatic hydroxyl groups excluding tert-OH is 1. The lowest BCUT2D eigenvalue weighted by Crippen LogP contribution is -2.60. The zero-order chi connectivity index (χ0) is 32.9. The SMILES string of the molecule is C=CCN(CCCC)C(=O)C1N([C@@H](CO)[C@@H](C)CC)C(=O)[C@@H]2[C@H](C(=O)N(CC=C)c3ccc(OCC)cc3)[C@]3(CC)CCC12O3. The molecule has 2 bridgehead atoms. The van der Waals surface area contributed by atoms with Crippen molar-refractivity contribution < 1.29 is 29.0 Å². The predicted octanol–water partition coefficient (Wildman–Crippen LogP) is 4.98. The molecule has 45 heavy (non-hydrogen) atoms. The molecule has 3 fully saturated rings. The largest absolute Gasteiger partial charge is 0.494 e. The molecule has 3 amide bonds. The van der Waals surface area contributed by atoms with E-state index in [1.165, 1.54) is 0 Å². The third kappa shape index (κ3) is 5.94. The van der Waals surface area contributed by atoms with Crippen LogP contribution in [0, 0.1) is 17.8 Å². The van der Waals surface area contributed by atoms with Crippen LogP contribution in [-0.4, -0.2) is 88.8 Å². The molecular formula is C36H53N3O6. The average Bonchev–Trinajstić information content (AvgIpc) is 3.66. The van der Waals surface area contributed by atoms with Crippen molar-refractivity contribution in [3.8, 4) is 5.75 Å². The molecule has 9 nitrogen and oxygen atoms in total. The molecule has 1 aromatic carbocycles. The second-order valence-corrected chi connectivity index (χ2v) is 12.8. The van der Waals surface area contributed by atoms with Gasteiger partial charge in [0.1, 0.15) is 17.4 Å². The first kappa shape index (κ1) is 34.7. The molecule has 1 aromatic rings. The third-order valence-corrected chi connectivity index (χ3v) is 10.4.